The van der Waals surface area contributed by atoms with Gasteiger partial charge in [-0.25, -0.2) is 9.07 Å². The maximum atomic E-state index is 13.3. The predicted octanol–water partition coefficient (Wildman–Crippen LogP) is 1.78. The molecule has 0 saturated carbocycles. The zero-order chi connectivity index (χ0) is 12.3. The molecule has 1 atom stereocenters. The van der Waals surface area contributed by atoms with Crippen molar-refractivity contribution in [1.82, 2.24) is 15.0 Å². The van der Waals surface area contributed by atoms with E-state index in [9.17, 15) is 9.50 Å². The molecule has 17 heavy (non-hydrogen) atoms. The van der Waals surface area contributed by atoms with E-state index in [4.69, 9.17) is 0 Å². The van der Waals surface area contributed by atoms with E-state index in [0.717, 1.165) is 0 Å². The average molecular weight is 253 g/mol. The molecule has 2 aromatic rings. The van der Waals surface area contributed by atoms with Gasteiger partial charge in [0.1, 0.15) is 11.9 Å². The number of halogens is 1. The summed E-state index contributed by atoms with van der Waals surface area (Å²) in [5.41, 5.74) is 0.619. The van der Waals surface area contributed by atoms with Crippen LogP contribution < -0.4 is 0 Å². The predicted molar refractivity (Wildman–Crippen MR) is 63.1 cm³/mol. The van der Waals surface area contributed by atoms with E-state index < -0.39 is 6.10 Å². The summed E-state index contributed by atoms with van der Waals surface area (Å²) in [5.74, 6) is 0.0927. The van der Waals surface area contributed by atoms with E-state index in [1.54, 1.807) is 25.2 Å². The van der Waals surface area contributed by atoms with Gasteiger partial charge in [-0.1, -0.05) is 17.3 Å². The number of aliphatic hydroxyl groups excluding tert-OH is 1. The Labute approximate surface area is 102 Å². The van der Waals surface area contributed by atoms with E-state index in [1.165, 1.54) is 28.7 Å². The van der Waals surface area contributed by atoms with Gasteiger partial charge in [-0.3, -0.25) is 0 Å². The van der Waals surface area contributed by atoms with Gasteiger partial charge < -0.3 is 5.11 Å². The van der Waals surface area contributed by atoms with Crippen LogP contribution in [0.15, 0.2) is 35.4 Å². The number of aliphatic hydroxyl groups is 1. The van der Waals surface area contributed by atoms with Gasteiger partial charge in [-0.15, -0.1) is 16.9 Å². The summed E-state index contributed by atoms with van der Waals surface area (Å²) >= 11 is 1.27. The van der Waals surface area contributed by atoms with Crippen molar-refractivity contribution in [3.05, 3.63) is 42.0 Å². The number of aryl methyl sites for hydroxylation is 1. The minimum Gasteiger partial charge on any atom is -0.386 e. The molecule has 4 nitrogen and oxygen atoms in total. The zero-order valence-corrected chi connectivity index (χ0v) is 10.1. The van der Waals surface area contributed by atoms with E-state index in [2.05, 4.69) is 10.3 Å². The molecular formula is C11H12FN3OS. The van der Waals surface area contributed by atoms with Gasteiger partial charge in [0.05, 0.1) is 11.9 Å². The molecule has 0 aliphatic carbocycles. The summed E-state index contributed by atoms with van der Waals surface area (Å²) in [6, 6.07) is 6.50. The van der Waals surface area contributed by atoms with Crippen LogP contribution in [0.2, 0.25) is 0 Å². The quantitative estimate of drug-likeness (QED) is 0.844. The first-order valence-corrected chi connectivity index (χ1v) is 6.07. The van der Waals surface area contributed by atoms with Crippen molar-refractivity contribution in [2.75, 3.05) is 5.75 Å². The van der Waals surface area contributed by atoms with Crippen LogP contribution in [-0.2, 0) is 7.05 Å². The number of aromatic nitrogens is 3. The topological polar surface area (TPSA) is 50.9 Å². The van der Waals surface area contributed by atoms with Gasteiger partial charge >= 0.3 is 0 Å². The summed E-state index contributed by atoms with van der Waals surface area (Å²) in [7, 11) is 1.71. The van der Waals surface area contributed by atoms with Crippen LogP contribution in [-0.4, -0.2) is 25.9 Å². The number of thioether (sulfide) groups is 1. The Hall–Kier alpha value is -1.40. The highest BCUT2D eigenvalue weighted by atomic mass is 32.2. The van der Waals surface area contributed by atoms with Crippen LogP contribution in [0.3, 0.4) is 0 Å². The van der Waals surface area contributed by atoms with Crippen LogP contribution in [0.25, 0.3) is 0 Å². The van der Waals surface area contributed by atoms with Crippen LogP contribution >= 0.6 is 11.8 Å². The summed E-state index contributed by atoms with van der Waals surface area (Å²) in [6.45, 7) is 0. The molecule has 0 fully saturated rings. The monoisotopic (exact) mass is 253 g/mol. The molecule has 0 amide bonds. The van der Waals surface area contributed by atoms with Crippen molar-refractivity contribution >= 4 is 11.8 Å². The second-order valence-corrected chi connectivity index (χ2v) is 4.60. The number of rotatable bonds is 4. The lowest BCUT2D eigenvalue weighted by atomic mass is 10.3. The molecule has 1 N–H and O–H groups in total. The van der Waals surface area contributed by atoms with Gasteiger partial charge in [0, 0.05) is 17.7 Å². The SMILES string of the molecule is Cn1nncc1C(O)CSc1ccccc1F. The molecular weight excluding hydrogens is 241 g/mol. The van der Waals surface area contributed by atoms with Crippen LogP contribution in [0.1, 0.15) is 11.8 Å². The molecule has 0 radical (unpaired) electrons. The fourth-order valence-corrected chi connectivity index (χ4v) is 2.30. The first-order chi connectivity index (χ1) is 8.18. The molecule has 1 heterocycles. The van der Waals surface area contributed by atoms with Gasteiger partial charge in [-0.05, 0) is 12.1 Å². The van der Waals surface area contributed by atoms with Crippen molar-refractivity contribution in [3.8, 4) is 0 Å². The molecule has 1 aromatic carbocycles. The lowest BCUT2D eigenvalue weighted by Gasteiger charge is -2.09. The second kappa shape index (κ2) is 5.29. The number of nitrogens with zero attached hydrogens (tertiary/aromatic N) is 3. The smallest absolute Gasteiger partial charge is 0.136 e. The Morgan fingerprint density at radius 1 is 1.47 bits per heavy atom. The van der Waals surface area contributed by atoms with Gasteiger partial charge in [0.2, 0.25) is 0 Å². The minimum absolute atomic E-state index is 0.271. The summed E-state index contributed by atoms with van der Waals surface area (Å²) in [6.07, 6.45) is 0.798. The van der Waals surface area contributed by atoms with Crippen LogP contribution in [0, 0.1) is 5.82 Å². The fraction of sp³-hybridized carbons (Fsp3) is 0.273. The third-order valence-electron chi connectivity index (χ3n) is 2.32. The summed E-state index contributed by atoms with van der Waals surface area (Å²) in [5, 5.41) is 17.3. The first-order valence-electron chi connectivity index (χ1n) is 5.08. The Morgan fingerprint density at radius 3 is 2.88 bits per heavy atom. The number of hydrogen-bond acceptors (Lipinski definition) is 4. The molecule has 0 aliphatic rings. The first kappa shape index (κ1) is 12.1. The number of benzene rings is 1. The van der Waals surface area contributed by atoms with E-state index >= 15 is 0 Å². The Bertz CT molecular complexity index is 503. The minimum atomic E-state index is -0.709. The van der Waals surface area contributed by atoms with Crippen molar-refractivity contribution in [2.45, 2.75) is 11.0 Å². The largest absolute Gasteiger partial charge is 0.386 e. The van der Waals surface area contributed by atoms with E-state index in [-0.39, 0.29) is 5.82 Å². The zero-order valence-electron chi connectivity index (χ0n) is 9.25. The summed E-state index contributed by atoms with van der Waals surface area (Å²) in [4.78, 5) is 0.529. The molecule has 90 valence electrons. The van der Waals surface area contributed by atoms with Gasteiger partial charge in [-0.2, -0.15) is 0 Å². The highest BCUT2D eigenvalue weighted by molar-refractivity contribution is 7.99. The molecule has 2 rings (SSSR count). The maximum absolute atomic E-state index is 13.3. The molecule has 0 saturated heterocycles. The van der Waals surface area contributed by atoms with Gasteiger partial charge in [0.25, 0.3) is 0 Å². The molecule has 0 spiro atoms. The highest BCUT2D eigenvalue weighted by Crippen LogP contribution is 2.25. The molecule has 1 aromatic heterocycles. The lowest BCUT2D eigenvalue weighted by molar-refractivity contribution is 0.193. The maximum Gasteiger partial charge on any atom is 0.136 e. The van der Waals surface area contributed by atoms with Crippen LogP contribution in [0.4, 0.5) is 4.39 Å². The van der Waals surface area contributed by atoms with E-state index in [1.807, 2.05) is 0 Å². The van der Waals surface area contributed by atoms with Crippen molar-refractivity contribution in [1.29, 1.82) is 0 Å². The molecule has 0 bridgehead atoms. The third-order valence-corrected chi connectivity index (χ3v) is 3.45. The summed E-state index contributed by atoms with van der Waals surface area (Å²) < 4.78 is 14.8. The lowest BCUT2D eigenvalue weighted by Crippen LogP contribution is -2.07. The molecule has 1 unspecified atom stereocenters. The fourth-order valence-electron chi connectivity index (χ4n) is 1.42. The normalized spacial score (nSPS) is 12.6. The molecule has 6 heteroatoms. The Balaban J connectivity index is 2.00. The standard InChI is InChI=1S/C11H12FN3OS/c1-15-9(6-13-14-15)10(16)7-17-11-5-3-2-4-8(11)12/h2-6,10,16H,7H2,1H3. The van der Waals surface area contributed by atoms with Crippen LogP contribution in [0.5, 0.6) is 0 Å². The van der Waals surface area contributed by atoms with Crippen molar-refractivity contribution in [3.63, 3.8) is 0 Å². The van der Waals surface area contributed by atoms with Crippen molar-refractivity contribution in [2.24, 2.45) is 7.05 Å². The number of hydrogen-bond donors (Lipinski definition) is 1. The van der Waals surface area contributed by atoms with Gasteiger partial charge in [0.15, 0.2) is 0 Å². The second-order valence-electron chi connectivity index (χ2n) is 3.54. The van der Waals surface area contributed by atoms with E-state index in [0.29, 0.717) is 16.3 Å². The van der Waals surface area contributed by atoms with Crippen molar-refractivity contribution < 1.29 is 9.50 Å². The average Bonchev–Trinajstić information content (AvgIpc) is 2.74. The highest BCUT2D eigenvalue weighted by Gasteiger charge is 2.13. The Kier molecular flexibility index (Phi) is 3.75. The Morgan fingerprint density at radius 2 is 2.24 bits per heavy atom. The molecule has 0 aliphatic heterocycles. The third kappa shape index (κ3) is 2.83.